The van der Waals surface area contributed by atoms with Crippen molar-refractivity contribution in [2.45, 2.75) is 96.2 Å². The van der Waals surface area contributed by atoms with Crippen LogP contribution in [0.3, 0.4) is 0 Å². The Morgan fingerprint density at radius 1 is 1.09 bits per heavy atom. The highest BCUT2D eigenvalue weighted by Crippen LogP contribution is 2.60. The number of ether oxygens (including phenoxy) is 3. The van der Waals surface area contributed by atoms with E-state index < -0.39 is 29.9 Å². The summed E-state index contributed by atoms with van der Waals surface area (Å²) in [5.41, 5.74) is 0.322. The van der Waals surface area contributed by atoms with Gasteiger partial charge in [0.2, 0.25) is 18.0 Å². The van der Waals surface area contributed by atoms with E-state index in [4.69, 9.17) is 24.0 Å². The number of carbonyl (C=O) groups excluding carboxylic acids is 2. The van der Waals surface area contributed by atoms with Crippen LogP contribution in [0.4, 0.5) is 0 Å². The Bertz CT molecular complexity index is 941. The molecule has 192 valence electrons. The fraction of sp³-hybridized carbons (Fsp3) is 0.704. The molecule has 1 N–H and O–H groups in total. The second-order valence-electron chi connectivity index (χ2n) is 11.0. The smallest absolute Gasteiger partial charge is 0.308 e. The minimum atomic E-state index is -0.875. The van der Waals surface area contributed by atoms with Crippen LogP contribution in [-0.2, 0) is 33.6 Å². The predicted molar refractivity (Wildman–Crippen MR) is 125 cm³/mol. The van der Waals surface area contributed by atoms with Crippen molar-refractivity contribution in [1.29, 1.82) is 0 Å². The molecular formula is C27H37NO7. The largest absolute Gasteiger partial charge is 0.435 e. The van der Waals surface area contributed by atoms with E-state index >= 15 is 0 Å². The summed E-state index contributed by atoms with van der Waals surface area (Å²) < 4.78 is 18.4. The van der Waals surface area contributed by atoms with Crippen molar-refractivity contribution < 1.29 is 33.6 Å². The third kappa shape index (κ3) is 4.50. The Morgan fingerprint density at radius 3 is 2.63 bits per heavy atom. The van der Waals surface area contributed by atoms with Crippen LogP contribution in [0, 0.1) is 23.7 Å². The lowest BCUT2D eigenvalue weighted by Gasteiger charge is -2.59. The van der Waals surface area contributed by atoms with E-state index in [1.54, 1.807) is 0 Å². The average molecular weight is 488 g/mol. The molecule has 0 unspecified atom stereocenters. The molecule has 2 bridgehead atoms. The molecule has 0 radical (unpaired) electrons. The van der Waals surface area contributed by atoms with Crippen LogP contribution >= 0.6 is 0 Å². The highest BCUT2D eigenvalue weighted by atomic mass is 17.3. The lowest BCUT2D eigenvalue weighted by atomic mass is 9.58. The van der Waals surface area contributed by atoms with Crippen LogP contribution in [0.2, 0.25) is 0 Å². The van der Waals surface area contributed by atoms with Crippen molar-refractivity contribution in [1.82, 2.24) is 5.32 Å². The summed E-state index contributed by atoms with van der Waals surface area (Å²) in [5.74, 6) is -0.812. The Hall–Kier alpha value is -2.00. The van der Waals surface area contributed by atoms with E-state index in [0.29, 0.717) is 5.92 Å². The third-order valence-corrected chi connectivity index (χ3v) is 8.58. The number of esters is 1. The minimum Gasteiger partial charge on any atom is -0.435 e. The molecule has 4 aliphatic heterocycles. The van der Waals surface area contributed by atoms with Crippen LogP contribution in [0.1, 0.15) is 77.8 Å². The number of rotatable bonds is 6. The molecule has 1 aromatic carbocycles. The van der Waals surface area contributed by atoms with Gasteiger partial charge in [-0.05, 0) is 50.5 Å². The first-order valence-electron chi connectivity index (χ1n) is 13.0. The van der Waals surface area contributed by atoms with Crippen LogP contribution in [0.25, 0.3) is 0 Å². The molecule has 8 nitrogen and oxygen atoms in total. The maximum absolute atomic E-state index is 12.7. The molecular weight excluding hydrogens is 450 g/mol. The molecule has 0 aromatic heterocycles. The standard InChI is InChI=1S/C27H37NO7/c1-16-10-11-21-17(2)24(32-25-27(21)20(16)14-15-26(4,33-25)34-35-27)31-23(30)13-12-22(29)28-18(3)19-8-6-5-7-9-19/h5-9,16-18,20-21,24-25H,10-15H2,1-4H3,(H,28,29)/t16-,17+,18-,20-,21+,24+,25-,26-,27+/m0/s1. The lowest BCUT2D eigenvalue weighted by molar-refractivity contribution is -0.576. The van der Waals surface area contributed by atoms with Gasteiger partial charge in [-0.2, -0.15) is 0 Å². The first-order chi connectivity index (χ1) is 16.7. The molecule has 4 saturated heterocycles. The van der Waals surface area contributed by atoms with Crippen LogP contribution in [0.5, 0.6) is 0 Å². The van der Waals surface area contributed by atoms with Crippen molar-refractivity contribution in [3.63, 3.8) is 0 Å². The fourth-order valence-corrected chi connectivity index (χ4v) is 6.55. The van der Waals surface area contributed by atoms with Gasteiger partial charge in [-0.1, -0.05) is 44.2 Å². The summed E-state index contributed by atoms with van der Waals surface area (Å²) in [6.45, 7) is 8.09. The van der Waals surface area contributed by atoms with Gasteiger partial charge in [0.05, 0.1) is 12.5 Å². The van der Waals surface area contributed by atoms with E-state index in [9.17, 15) is 9.59 Å². The molecule has 5 aliphatic rings. The van der Waals surface area contributed by atoms with Crippen LogP contribution < -0.4 is 5.32 Å². The summed E-state index contributed by atoms with van der Waals surface area (Å²) in [7, 11) is 0. The molecule has 1 saturated carbocycles. The number of carbonyl (C=O) groups is 2. The monoisotopic (exact) mass is 487 g/mol. The topological polar surface area (TPSA) is 92.3 Å². The Labute approximate surface area is 206 Å². The third-order valence-electron chi connectivity index (χ3n) is 8.58. The number of nitrogens with one attached hydrogen (secondary N) is 1. The molecule has 9 atom stereocenters. The molecule has 8 heteroatoms. The van der Waals surface area contributed by atoms with E-state index in [0.717, 1.165) is 31.2 Å². The zero-order valence-electron chi connectivity index (χ0n) is 21.0. The second kappa shape index (κ2) is 9.47. The number of hydrogen-bond acceptors (Lipinski definition) is 7. The molecule has 5 fully saturated rings. The first kappa shape index (κ1) is 24.7. The molecule has 1 amide bonds. The summed E-state index contributed by atoms with van der Waals surface area (Å²) in [6.07, 6.45) is 2.30. The SMILES string of the molecule is C[C@H]1[C@H](OC(=O)CCC(=O)N[C@@H](C)c2ccccc2)O[C@H]2O[C@]3(C)CC[C@H]4[C@@H](C)CC[C@H]1[C@@]24OO3. The van der Waals surface area contributed by atoms with Crippen molar-refractivity contribution >= 4 is 11.9 Å². The number of fused-ring (bicyclic) bond motifs is 2. The number of amides is 1. The Kier molecular flexibility index (Phi) is 6.68. The van der Waals surface area contributed by atoms with E-state index in [2.05, 4.69) is 12.2 Å². The van der Waals surface area contributed by atoms with Crippen LogP contribution in [-0.4, -0.2) is 35.8 Å². The molecule has 6 rings (SSSR count). The second-order valence-corrected chi connectivity index (χ2v) is 11.0. The van der Waals surface area contributed by atoms with Gasteiger partial charge >= 0.3 is 5.97 Å². The van der Waals surface area contributed by atoms with Crippen molar-refractivity contribution in [3.05, 3.63) is 35.9 Å². The summed E-state index contributed by atoms with van der Waals surface area (Å²) in [6, 6.07) is 9.58. The Morgan fingerprint density at radius 2 is 1.86 bits per heavy atom. The first-order valence-corrected chi connectivity index (χ1v) is 13.0. The van der Waals surface area contributed by atoms with Gasteiger partial charge in [-0.3, -0.25) is 9.59 Å². The molecule has 1 aliphatic carbocycles. The van der Waals surface area contributed by atoms with E-state index in [1.165, 1.54) is 0 Å². The average Bonchev–Trinajstić information content (AvgIpc) is 3.07. The molecule has 4 heterocycles. The zero-order chi connectivity index (χ0) is 24.8. The lowest BCUT2D eigenvalue weighted by Crippen LogP contribution is -2.70. The van der Waals surface area contributed by atoms with Gasteiger partial charge < -0.3 is 19.5 Å². The van der Waals surface area contributed by atoms with Crippen molar-refractivity contribution in [2.24, 2.45) is 23.7 Å². The quantitative estimate of drug-likeness (QED) is 0.470. The normalized spacial score (nSPS) is 40.8. The van der Waals surface area contributed by atoms with Crippen LogP contribution in [0.15, 0.2) is 30.3 Å². The molecule has 35 heavy (non-hydrogen) atoms. The summed E-state index contributed by atoms with van der Waals surface area (Å²) in [5, 5.41) is 2.93. The predicted octanol–water partition coefficient (Wildman–Crippen LogP) is 4.40. The van der Waals surface area contributed by atoms with Gasteiger partial charge in [0, 0.05) is 24.7 Å². The van der Waals surface area contributed by atoms with E-state index in [1.807, 2.05) is 51.1 Å². The number of benzene rings is 1. The summed E-state index contributed by atoms with van der Waals surface area (Å²) in [4.78, 5) is 37.1. The molecule has 1 aromatic rings. The van der Waals surface area contributed by atoms with Gasteiger partial charge in [0.15, 0.2) is 11.9 Å². The van der Waals surface area contributed by atoms with Gasteiger partial charge in [-0.15, -0.1) is 0 Å². The highest BCUT2D eigenvalue weighted by molar-refractivity contribution is 5.81. The van der Waals surface area contributed by atoms with Gasteiger partial charge in [0.25, 0.3) is 0 Å². The fourth-order valence-electron chi connectivity index (χ4n) is 6.55. The van der Waals surface area contributed by atoms with Gasteiger partial charge in [-0.25, -0.2) is 9.78 Å². The highest BCUT2D eigenvalue weighted by Gasteiger charge is 2.69. The van der Waals surface area contributed by atoms with Gasteiger partial charge in [0.1, 0.15) is 0 Å². The maximum Gasteiger partial charge on any atom is 0.308 e. The zero-order valence-corrected chi connectivity index (χ0v) is 21.0. The Balaban J connectivity index is 1.21. The number of hydrogen-bond donors (Lipinski definition) is 1. The maximum atomic E-state index is 12.7. The van der Waals surface area contributed by atoms with Crippen molar-refractivity contribution in [3.8, 4) is 0 Å². The van der Waals surface area contributed by atoms with Crippen molar-refractivity contribution in [2.75, 3.05) is 0 Å². The minimum absolute atomic E-state index is 0.0156. The van der Waals surface area contributed by atoms with E-state index in [-0.39, 0.29) is 42.5 Å². The summed E-state index contributed by atoms with van der Waals surface area (Å²) >= 11 is 0. The molecule has 1 spiro atoms.